The number of halogens is 1. The van der Waals surface area contributed by atoms with E-state index in [9.17, 15) is 14.4 Å². The maximum Gasteiger partial charge on any atom is 0.325 e. The molecular formula is C21H32ClN5O4. The van der Waals surface area contributed by atoms with Gasteiger partial charge < -0.3 is 24.8 Å². The van der Waals surface area contributed by atoms with E-state index in [2.05, 4.69) is 15.2 Å². The summed E-state index contributed by atoms with van der Waals surface area (Å²) in [5, 5.41) is 3.15. The van der Waals surface area contributed by atoms with E-state index >= 15 is 0 Å². The first kappa shape index (κ1) is 24.7. The van der Waals surface area contributed by atoms with E-state index in [1.54, 1.807) is 17.3 Å². The van der Waals surface area contributed by atoms with Gasteiger partial charge >= 0.3 is 12.0 Å². The maximum atomic E-state index is 12.7. The zero-order chi connectivity index (χ0) is 21.5. The van der Waals surface area contributed by atoms with Crippen LogP contribution in [0.5, 0.6) is 0 Å². The van der Waals surface area contributed by atoms with E-state index in [1.807, 2.05) is 17.0 Å². The summed E-state index contributed by atoms with van der Waals surface area (Å²) < 4.78 is 4.70. The highest BCUT2D eigenvalue weighted by Gasteiger charge is 2.30. The number of amides is 3. The van der Waals surface area contributed by atoms with Gasteiger partial charge in [-0.15, -0.1) is 12.4 Å². The monoisotopic (exact) mass is 453 g/mol. The van der Waals surface area contributed by atoms with Crippen LogP contribution in [0.1, 0.15) is 32.6 Å². The first-order valence-corrected chi connectivity index (χ1v) is 10.5. The van der Waals surface area contributed by atoms with Crippen LogP contribution in [0.25, 0.3) is 0 Å². The molecule has 1 aliphatic heterocycles. The Labute approximate surface area is 189 Å². The van der Waals surface area contributed by atoms with Crippen LogP contribution in [-0.2, 0) is 14.3 Å². The number of hydrogen-bond acceptors (Lipinski definition) is 6. The Morgan fingerprint density at radius 1 is 1.10 bits per heavy atom. The van der Waals surface area contributed by atoms with Crippen molar-refractivity contribution in [3.63, 3.8) is 0 Å². The molecule has 0 radical (unpaired) electrons. The third kappa shape index (κ3) is 6.72. The highest BCUT2D eigenvalue weighted by atomic mass is 35.5. The van der Waals surface area contributed by atoms with E-state index in [-0.39, 0.29) is 43.0 Å². The van der Waals surface area contributed by atoms with Crippen LogP contribution in [0.15, 0.2) is 24.5 Å². The number of ether oxygens (including phenoxy) is 1. The van der Waals surface area contributed by atoms with Crippen molar-refractivity contribution in [1.29, 1.82) is 0 Å². The number of hydrogen-bond donors (Lipinski definition) is 1. The lowest BCUT2D eigenvalue weighted by Gasteiger charge is -2.38. The highest BCUT2D eigenvalue weighted by molar-refractivity contribution is 5.85. The number of aromatic nitrogens is 1. The molecule has 1 saturated heterocycles. The number of anilines is 1. The second-order valence-corrected chi connectivity index (χ2v) is 7.86. The van der Waals surface area contributed by atoms with Crippen LogP contribution in [-0.4, -0.2) is 84.6 Å². The Morgan fingerprint density at radius 3 is 2.26 bits per heavy atom. The second kappa shape index (κ2) is 11.7. The molecule has 1 aromatic heterocycles. The number of pyridine rings is 1. The lowest BCUT2D eigenvalue weighted by Crippen LogP contribution is -2.54. The summed E-state index contributed by atoms with van der Waals surface area (Å²) in [6.45, 7) is 4.41. The van der Waals surface area contributed by atoms with Gasteiger partial charge in [0.05, 0.1) is 7.11 Å². The molecule has 0 aromatic carbocycles. The van der Waals surface area contributed by atoms with Crippen molar-refractivity contribution in [3.05, 3.63) is 24.5 Å². The fourth-order valence-corrected chi connectivity index (χ4v) is 4.22. The van der Waals surface area contributed by atoms with Crippen molar-refractivity contribution in [2.45, 2.75) is 44.7 Å². The van der Waals surface area contributed by atoms with E-state index in [1.165, 1.54) is 14.0 Å². The van der Waals surface area contributed by atoms with Crippen LogP contribution in [0.3, 0.4) is 0 Å². The number of nitrogens with one attached hydrogen (secondary N) is 1. The molecule has 0 bridgehead atoms. The van der Waals surface area contributed by atoms with Crippen molar-refractivity contribution in [2.75, 3.05) is 44.7 Å². The molecule has 2 fully saturated rings. The predicted octanol–water partition coefficient (Wildman–Crippen LogP) is 1.67. The van der Waals surface area contributed by atoms with Crippen molar-refractivity contribution in [1.82, 2.24) is 20.1 Å². The average molecular weight is 454 g/mol. The van der Waals surface area contributed by atoms with Gasteiger partial charge in [-0.2, -0.15) is 0 Å². The standard InChI is InChI=1S/C21H31N5O4.ClH/c1-16(27)26(15-20(28)30-2)19-5-3-17(4-6-19)23-21(29)25-13-11-24(12-14-25)18-7-9-22-10-8-18;/h7-10,17,19H,3-6,11-15H2,1-2H3,(H,23,29);1H/t17-,19-;. The summed E-state index contributed by atoms with van der Waals surface area (Å²) in [7, 11) is 1.32. The summed E-state index contributed by atoms with van der Waals surface area (Å²) in [6.07, 6.45) is 6.66. The molecule has 31 heavy (non-hydrogen) atoms. The van der Waals surface area contributed by atoms with Crippen molar-refractivity contribution in [3.8, 4) is 0 Å². The van der Waals surface area contributed by atoms with Gasteiger partial charge in [0.1, 0.15) is 6.54 Å². The molecule has 3 rings (SSSR count). The number of nitrogens with zero attached hydrogens (tertiary/aromatic N) is 4. The zero-order valence-corrected chi connectivity index (χ0v) is 19.0. The quantitative estimate of drug-likeness (QED) is 0.681. The van der Waals surface area contributed by atoms with E-state index in [0.717, 1.165) is 44.5 Å². The molecule has 10 heteroatoms. The lowest BCUT2D eigenvalue weighted by molar-refractivity contribution is -0.148. The van der Waals surface area contributed by atoms with Crippen LogP contribution in [0.4, 0.5) is 10.5 Å². The number of methoxy groups -OCH3 is 1. The molecule has 1 aromatic rings. The molecule has 2 heterocycles. The largest absolute Gasteiger partial charge is 0.468 e. The van der Waals surface area contributed by atoms with Gasteiger partial charge in [0.25, 0.3) is 0 Å². The highest BCUT2D eigenvalue weighted by Crippen LogP contribution is 2.24. The first-order valence-electron chi connectivity index (χ1n) is 10.5. The van der Waals surface area contributed by atoms with E-state index in [0.29, 0.717) is 13.1 Å². The first-order chi connectivity index (χ1) is 14.5. The number of piperazine rings is 1. The van der Waals surface area contributed by atoms with Gasteiger partial charge in [-0.3, -0.25) is 14.6 Å². The normalized spacial score (nSPS) is 21.0. The number of carbonyl (C=O) groups excluding carboxylic acids is 3. The van der Waals surface area contributed by atoms with Crippen molar-refractivity contribution < 1.29 is 19.1 Å². The van der Waals surface area contributed by atoms with Gasteiger partial charge in [0.15, 0.2) is 0 Å². The third-order valence-corrected chi connectivity index (χ3v) is 5.99. The molecule has 1 N–H and O–H groups in total. The van der Waals surface area contributed by atoms with Crippen molar-refractivity contribution >= 4 is 36.0 Å². The van der Waals surface area contributed by atoms with Gasteiger partial charge in [-0.25, -0.2) is 4.79 Å². The maximum absolute atomic E-state index is 12.7. The Balaban J connectivity index is 0.00000341. The smallest absolute Gasteiger partial charge is 0.325 e. The summed E-state index contributed by atoms with van der Waals surface area (Å²) in [5.41, 5.74) is 1.13. The lowest BCUT2D eigenvalue weighted by atomic mass is 9.90. The molecule has 0 unspecified atom stereocenters. The second-order valence-electron chi connectivity index (χ2n) is 7.86. The third-order valence-electron chi connectivity index (χ3n) is 5.99. The fourth-order valence-electron chi connectivity index (χ4n) is 4.22. The molecule has 1 saturated carbocycles. The minimum atomic E-state index is -0.411. The van der Waals surface area contributed by atoms with Crippen molar-refractivity contribution in [2.24, 2.45) is 0 Å². The number of esters is 1. The van der Waals surface area contributed by atoms with Crippen LogP contribution in [0, 0.1) is 0 Å². The SMILES string of the molecule is COC(=O)CN(C(C)=O)[C@H]1CC[C@H](NC(=O)N2CCN(c3ccncc3)CC2)CC1.Cl. The van der Waals surface area contributed by atoms with Gasteiger partial charge in [-0.1, -0.05) is 0 Å². The number of rotatable bonds is 5. The topological polar surface area (TPSA) is 95.1 Å². The summed E-state index contributed by atoms with van der Waals surface area (Å²) in [5.74, 6) is -0.536. The predicted molar refractivity (Wildman–Crippen MR) is 119 cm³/mol. The molecule has 9 nitrogen and oxygen atoms in total. The zero-order valence-electron chi connectivity index (χ0n) is 18.2. The molecule has 172 valence electrons. The molecular weight excluding hydrogens is 422 g/mol. The van der Waals surface area contributed by atoms with Crippen LogP contribution >= 0.6 is 12.4 Å². The van der Waals surface area contributed by atoms with E-state index < -0.39 is 5.97 Å². The summed E-state index contributed by atoms with van der Waals surface area (Å²) in [4.78, 5) is 45.9. The van der Waals surface area contributed by atoms with E-state index in [4.69, 9.17) is 4.74 Å². The summed E-state index contributed by atoms with van der Waals surface area (Å²) >= 11 is 0. The number of carbonyl (C=O) groups is 3. The Bertz CT molecular complexity index is 735. The van der Waals surface area contributed by atoms with Crippen LogP contribution in [0.2, 0.25) is 0 Å². The average Bonchev–Trinajstić information content (AvgIpc) is 2.78. The molecule has 0 spiro atoms. The van der Waals surface area contributed by atoms with Gasteiger partial charge in [0, 0.05) is 63.3 Å². The van der Waals surface area contributed by atoms with Crippen LogP contribution < -0.4 is 10.2 Å². The Morgan fingerprint density at radius 2 is 1.71 bits per heavy atom. The van der Waals surface area contributed by atoms with Gasteiger partial charge in [-0.05, 0) is 37.8 Å². The Hall–Kier alpha value is -2.55. The number of urea groups is 1. The van der Waals surface area contributed by atoms with Gasteiger partial charge in [0.2, 0.25) is 5.91 Å². The minimum Gasteiger partial charge on any atom is -0.468 e. The minimum absolute atomic E-state index is 0. The molecule has 2 aliphatic rings. The Kier molecular flexibility index (Phi) is 9.36. The fraction of sp³-hybridized carbons (Fsp3) is 0.619. The molecule has 1 aliphatic carbocycles. The summed E-state index contributed by atoms with van der Waals surface area (Å²) in [6, 6.07) is 4.06. The molecule has 3 amide bonds. The molecule has 0 atom stereocenters.